The van der Waals surface area contributed by atoms with Gasteiger partial charge in [0, 0.05) is 0 Å². The number of hydrogen-bond donors (Lipinski definition) is 0. The third-order valence-corrected chi connectivity index (χ3v) is 5.45. The SMILES string of the molecule is C1=CSC(SCc2ccco2)S1. The topological polar surface area (TPSA) is 13.1 Å². The normalized spacial score (nSPS) is 17.3. The van der Waals surface area contributed by atoms with Gasteiger partial charge in [-0.05, 0) is 22.9 Å². The second kappa shape index (κ2) is 4.35. The van der Waals surface area contributed by atoms with Gasteiger partial charge in [-0.25, -0.2) is 0 Å². The molecule has 2 heterocycles. The Morgan fingerprint density at radius 2 is 2.25 bits per heavy atom. The van der Waals surface area contributed by atoms with E-state index in [1.807, 2.05) is 47.4 Å². The number of hydrogen-bond acceptors (Lipinski definition) is 4. The molecule has 2 rings (SSSR count). The van der Waals surface area contributed by atoms with Crippen LogP contribution in [0.4, 0.5) is 0 Å². The second-order valence-electron chi connectivity index (χ2n) is 2.22. The molecule has 1 aromatic rings. The van der Waals surface area contributed by atoms with Gasteiger partial charge in [0.05, 0.1) is 12.0 Å². The van der Waals surface area contributed by atoms with Crippen LogP contribution in [0.3, 0.4) is 0 Å². The highest BCUT2D eigenvalue weighted by molar-refractivity contribution is 8.35. The van der Waals surface area contributed by atoms with Gasteiger partial charge in [-0.3, -0.25) is 0 Å². The summed E-state index contributed by atoms with van der Waals surface area (Å²) < 4.78 is 5.85. The zero-order chi connectivity index (χ0) is 8.23. The lowest BCUT2D eigenvalue weighted by molar-refractivity contribution is 0.530. The molecule has 0 unspecified atom stereocenters. The fourth-order valence-corrected chi connectivity index (χ4v) is 4.15. The highest BCUT2D eigenvalue weighted by Gasteiger charge is 2.12. The Morgan fingerprint density at radius 3 is 2.92 bits per heavy atom. The predicted molar refractivity (Wildman–Crippen MR) is 58.1 cm³/mol. The van der Waals surface area contributed by atoms with Crippen LogP contribution < -0.4 is 0 Å². The molecule has 1 aliphatic rings. The maximum absolute atomic E-state index is 5.23. The molecule has 0 amide bonds. The van der Waals surface area contributed by atoms with Crippen molar-refractivity contribution in [2.75, 3.05) is 0 Å². The fourth-order valence-electron chi connectivity index (χ4n) is 0.848. The molecule has 1 aromatic heterocycles. The Labute approximate surface area is 84.4 Å². The van der Waals surface area contributed by atoms with Crippen molar-refractivity contribution in [3.05, 3.63) is 35.0 Å². The van der Waals surface area contributed by atoms with Gasteiger partial charge in [0.15, 0.2) is 0 Å². The van der Waals surface area contributed by atoms with Crippen LogP contribution in [0.1, 0.15) is 5.76 Å². The predicted octanol–water partition coefficient (Wildman–Crippen LogP) is 3.75. The van der Waals surface area contributed by atoms with Gasteiger partial charge in [-0.1, -0.05) is 0 Å². The van der Waals surface area contributed by atoms with Crippen LogP contribution in [0.25, 0.3) is 0 Å². The minimum Gasteiger partial charge on any atom is -0.468 e. The van der Waals surface area contributed by atoms with Crippen LogP contribution in [0, 0.1) is 0 Å². The number of rotatable bonds is 3. The van der Waals surface area contributed by atoms with Crippen molar-refractivity contribution in [1.82, 2.24) is 0 Å². The first kappa shape index (κ1) is 8.66. The van der Waals surface area contributed by atoms with E-state index in [0.29, 0.717) is 3.91 Å². The molecule has 4 heteroatoms. The standard InChI is InChI=1S/C8H8OS3/c1-2-7(9-3-1)6-12-8-10-4-5-11-8/h1-5,8H,6H2. The van der Waals surface area contributed by atoms with E-state index in [9.17, 15) is 0 Å². The first-order chi connectivity index (χ1) is 5.95. The Kier molecular flexibility index (Phi) is 3.14. The summed E-state index contributed by atoms with van der Waals surface area (Å²) in [5.74, 6) is 2.03. The molecule has 0 aromatic carbocycles. The van der Waals surface area contributed by atoms with E-state index in [-0.39, 0.29) is 0 Å². The Morgan fingerprint density at radius 1 is 1.42 bits per heavy atom. The molecule has 1 nitrogen and oxygen atoms in total. The molecule has 0 atom stereocenters. The summed E-state index contributed by atoms with van der Waals surface area (Å²) in [7, 11) is 0. The monoisotopic (exact) mass is 216 g/mol. The average Bonchev–Trinajstić information content (AvgIpc) is 2.74. The minimum atomic E-state index is 0.620. The van der Waals surface area contributed by atoms with Crippen molar-refractivity contribution in [3.63, 3.8) is 0 Å². The van der Waals surface area contributed by atoms with Gasteiger partial charge >= 0.3 is 0 Å². The summed E-state index contributed by atoms with van der Waals surface area (Å²) in [5.41, 5.74) is 0. The number of furan rings is 1. The maximum atomic E-state index is 5.23. The molecule has 0 saturated carbocycles. The second-order valence-corrected chi connectivity index (χ2v) is 6.24. The van der Waals surface area contributed by atoms with Crippen molar-refractivity contribution < 1.29 is 4.42 Å². The molecule has 0 radical (unpaired) electrons. The third kappa shape index (κ3) is 2.28. The van der Waals surface area contributed by atoms with Crippen molar-refractivity contribution in [2.24, 2.45) is 0 Å². The summed E-state index contributed by atoms with van der Waals surface area (Å²) in [6.07, 6.45) is 1.73. The van der Waals surface area contributed by atoms with E-state index in [2.05, 4.69) is 10.8 Å². The van der Waals surface area contributed by atoms with Crippen molar-refractivity contribution in [2.45, 2.75) is 9.67 Å². The first-order valence-electron chi connectivity index (χ1n) is 3.55. The fraction of sp³-hybridized carbons (Fsp3) is 0.250. The molecular weight excluding hydrogens is 208 g/mol. The zero-order valence-electron chi connectivity index (χ0n) is 6.30. The highest BCUT2D eigenvalue weighted by Crippen LogP contribution is 2.42. The third-order valence-electron chi connectivity index (χ3n) is 1.38. The molecule has 0 bridgehead atoms. The van der Waals surface area contributed by atoms with Gasteiger partial charge in [0.25, 0.3) is 0 Å². The van der Waals surface area contributed by atoms with Gasteiger partial charge < -0.3 is 4.42 Å². The van der Waals surface area contributed by atoms with Crippen molar-refractivity contribution in [1.29, 1.82) is 0 Å². The van der Waals surface area contributed by atoms with Crippen LogP contribution in [0.5, 0.6) is 0 Å². The summed E-state index contributed by atoms with van der Waals surface area (Å²) in [4.78, 5) is 0. The lowest BCUT2D eigenvalue weighted by Crippen LogP contribution is -1.84. The minimum absolute atomic E-state index is 0.620. The summed E-state index contributed by atoms with van der Waals surface area (Å²) in [6.45, 7) is 0. The average molecular weight is 216 g/mol. The molecule has 0 aliphatic carbocycles. The van der Waals surface area contributed by atoms with E-state index in [0.717, 1.165) is 11.5 Å². The van der Waals surface area contributed by atoms with Crippen LogP contribution >= 0.6 is 35.3 Å². The van der Waals surface area contributed by atoms with Crippen LogP contribution in [0.2, 0.25) is 0 Å². The first-order valence-corrected chi connectivity index (χ1v) is 6.48. The maximum Gasteiger partial charge on any atom is 0.113 e. The van der Waals surface area contributed by atoms with Gasteiger partial charge in [0.1, 0.15) is 9.67 Å². The van der Waals surface area contributed by atoms with Crippen molar-refractivity contribution >= 4 is 35.3 Å². The van der Waals surface area contributed by atoms with E-state index >= 15 is 0 Å². The molecule has 64 valence electrons. The van der Waals surface area contributed by atoms with E-state index in [1.54, 1.807) is 6.26 Å². The summed E-state index contributed by atoms with van der Waals surface area (Å²) >= 11 is 5.65. The van der Waals surface area contributed by atoms with Gasteiger partial charge in [-0.15, -0.1) is 35.3 Å². The molecule has 12 heavy (non-hydrogen) atoms. The molecule has 0 fully saturated rings. The Balaban J connectivity index is 1.75. The molecule has 1 aliphatic heterocycles. The zero-order valence-corrected chi connectivity index (χ0v) is 8.75. The van der Waals surface area contributed by atoms with Crippen LogP contribution in [-0.4, -0.2) is 3.91 Å². The largest absolute Gasteiger partial charge is 0.468 e. The Bertz CT molecular complexity index is 247. The number of thioether (sulfide) groups is 3. The van der Waals surface area contributed by atoms with Crippen LogP contribution in [-0.2, 0) is 5.75 Å². The van der Waals surface area contributed by atoms with Crippen LogP contribution in [0.15, 0.2) is 33.6 Å². The lowest BCUT2D eigenvalue weighted by Gasteiger charge is -2.04. The van der Waals surface area contributed by atoms with E-state index in [4.69, 9.17) is 4.42 Å². The van der Waals surface area contributed by atoms with Gasteiger partial charge in [0.2, 0.25) is 0 Å². The summed E-state index contributed by atoms with van der Waals surface area (Å²) in [5, 5.41) is 4.29. The quantitative estimate of drug-likeness (QED) is 0.763. The lowest BCUT2D eigenvalue weighted by atomic mass is 10.5. The molecule has 0 saturated heterocycles. The Hall–Kier alpha value is 0.0700. The van der Waals surface area contributed by atoms with Crippen molar-refractivity contribution in [3.8, 4) is 0 Å². The summed E-state index contributed by atoms with van der Waals surface area (Å²) in [6, 6.07) is 3.95. The molecule has 0 N–H and O–H groups in total. The van der Waals surface area contributed by atoms with E-state index in [1.165, 1.54) is 0 Å². The smallest absolute Gasteiger partial charge is 0.113 e. The van der Waals surface area contributed by atoms with Gasteiger partial charge in [-0.2, -0.15) is 0 Å². The highest BCUT2D eigenvalue weighted by atomic mass is 32.3. The molecule has 0 spiro atoms. The van der Waals surface area contributed by atoms with E-state index < -0.39 is 0 Å². The molecular formula is C8H8OS3.